The van der Waals surface area contributed by atoms with Crippen molar-refractivity contribution in [2.45, 2.75) is 25.0 Å². The molecule has 70 valence electrons. The molecule has 0 heterocycles. The molecular formula is C11H15NO. The Labute approximate surface area is 78.7 Å². The second kappa shape index (κ2) is 3.48. The van der Waals surface area contributed by atoms with Gasteiger partial charge < -0.3 is 10.5 Å². The van der Waals surface area contributed by atoms with Crippen molar-refractivity contribution in [3.05, 3.63) is 35.4 Å². The molecule has 0 aromatic heterocycles. The third-order valence-electron chi connectivity index (χ3n) is 2.75. The molecule has 2 rings (SSSR count). The number of nitrogens with two attached hydrogens (primary N) is 1. The lowest BCUT2D eigenvalue weighted by Gasteiger charge is -2.29. The fourth-order valence-corrected chi connectivity index (χ4v) is 2.05. The van der Waals surface area contributed by atoms with E-state index in [1.165, 1.54) is 11.1 Å². The van der Waals surface area contributed by atoms with Gasteiger partial charge in [0.2, 0.25) is 0 Å². The fourth-order valence-electron chi connectivity index (χ4n) is 2.05. The van der Waals surface area contributed by atoms with Gasteiger partial charge in [-0.25, -0.2) is 0 Å². The maximum absolute atomic E-state index is 5.98. The zero-order valence-electron chi connectivity index (χ0n) is 7.86. The van der Waals surface area contributed by atoms with Gasteiger partial charge in [0.05, 0.1) is 6.10 Å². The predicted octanol–water partition coefficient (Wildman–Crippen LogP) is 1.65. The van der Waals surface area contributed by atoms with E-state index < -0.39 is 0 Å². The van der Waals surface area contributed by atoms with E-state index in [0.29, 0.717) is 0 Å². The summed E-state index contributed by atoms with van der Waals surface area (Å²) in [5, 5.41) is 0. The van der Waals surface area contributed by atoms with Crippen LogP contribution < -0.4 is 5.73 Å². The van der Waals surface area contributed by atoms with Crippen LogP contribution in [0.25, 0.3) is 0 Å². The number of methoxy groups -OCH3 is 1. The molecule has 13 heavy (non-hydrogen) atoms. The summed E-state index contributed by atoms with van der Waals surface area (Å²) < 4.78 is 5.40. The van der Waals surface area contributed by atoms with Gasteiger partial charge in [-0.2, -0.15) is 0 Å². The summed E-state index contributed by atoms with van der Waals surface area (Å²) in [6, 6.07) is 8.54. The van der Waals surface area contributed by atoms with E-state index in [1.54, 1.807) is 7.11 Å². The Morgan fingerprint density at radius 1 is 1.38 bits per heavy atom. The predicted molar refractivity (Wildman–Crippen MR) is 52.5 cm³/mol. The molecule has 1 aromatic carbocycles. The Morgan fingerprint density at radius 2 is 2.15 bits per heavy atom. The SMILES string of the molecule is COC1c2ccccc2CCC1N. The largest absolute Gasteiger partial charge is 0.375 e. The van der Waals surface area contributed by atoms with E-state index in [2.05, 4.69) is 18.2 Å². The molecule has 0 bridgehead atoms. The van der Waals surface area contributed by atoms with E-state index in [0.717, 1.165) is 12.8 Å². The van der Waals surface area contributed by atoms with Gasteiger partial charge >= 0.3 is 0 Å². The molecular weight excluding hydrogens is 162 g/mol. The zero-order chi connectivity index (χ0) is 9.26. The van der Waals surface area contributed by atoms with Crippen LogP contribution in [0.1, 0.15) is 23.7 Å². The second-order valence-electron chi connectivity index (χ2n) is 3.56. The smallest absolute Gasteiger partial charge is 0.0974 e. The molecule has 0 saturated heterocycles. The first-order valence-corrected chi connectivity index (χ1v) is 4.69. The van der Waals surface area contributed by atoms with Crippen LogP contribution >= 0.6 is 0 Å². The number of aryl methyl sites for hydroxylation is 1. The highest BCUT2D eigenvalue weighted by molar-refractivity contribution is 5.32. The number of rotatable bonds is 1. The molecule has 2 nitrogen and oxygen atoms in total. The van der Waals surface area contributed by atoms with Crippen molar-refractivity contribution in [3.63, 3.8) is 0 Å². The van der Waals surface area contributed by atoms with Crippen LogP contribution in [0.4, 0.5) is 0 Å². The van der Waals surface area contributed by atoms with Gasteiger partial charge in [-0.15, -0.1) is 0 Å². The molecule has 2 heteroatoms. The standard InChI is InChI=1S/C11H15NO/c1-13-11-9-5-3-2-4-8(9)6-7-10(11)12/h2-5,10-11H,6-7,12H2,1H3. The molecule has 0 saturated carbocycles. The van der Waals surface area contributed by atoms with Crippen molar-refractivity contribution >= 4 is 0 Å². The molecule has 0 fully saturated rings. The number of ether oxygens (including phenoxy) is 1. The Bertz CT molecular complexity index is 298. The fraction of sp³-hybridized carbons (Fsp3) is 0.455. The molecule has 0 radical (unpaired) electrons. The van der Waals surface area contributed by atoms with Crippen LogP contribution in [0.5, 0.6) is 0 Å². The zero-order valence-corrected chi connectivity index (χ0v) is 7.86. The monoisotopic (exact) mass is 177 g/mol. The average molecular weight is 177 g/mol. The van der Waals surface area contributed by atoms with Gasteiger partial charge in [0.25, 0.3) is 0 Å². The summed E-state index contributed by atoms with van der Waals surface area (Å²) >= 11 is 0. The van der Waals surface area contributed by atoms with Crippen molar-refractivity contribution in [2.24, 2.45) is 5.73 Å². The topological polar surface area (TPSA) is 35.2 Å². The third-order valence-corrected chi connectivity index (χ3v) is 2.75. The van der Waals surface area contributed by atoms with Gasteiger partial charge in [-0.3, -0.25) is 0 Å². The Hall–Kier alpha value is -0.860. The van der Waals surface area contributed by atoms with Crippen molar-refractivity contribution in [2.75, 3.05) is 7.11 Å². The third kappa shape index (κ3) is 1.47. The lowest BCUT2D eigenvalue weighted by molar-refractivity contribution is 0.0715. The summed E-state index contributed by atoms with van der Waals surface area (Å²) in [7, 11) is 1.73. The van der Waals surface area contributed by atoms with Gasteiger partial charge in [0, 0.05) is 13.2 Å². The Balaban J connectivity index is 2.39. The average Bonchev–Trinajstić information content (AvgIpc) is 2.18. The lowest BCUT2D eigenvalue weighted by Crippen LogP contribution is -2.34. The van der Waals surface area contributed by atoms with E-state index in [9.17, 15) is 0 Å². The molecule has 1 aliphatic rings. The summed E-state index contributed by atoms with van der Waals surface area (Å²) in [4.78, 5) is 0. The molecule has 1 aliphatic carbocycles. The molecule has 2 unspecified atom stereocenters. The van der Waals surface area contributed by atoms with Gasteiger partial charge in [0.1, 0.15) is 0 Å². The highest BCUT2D eigenvalue weighted by Gasteiger charge is 2.25. The van der Waals surface area contributed by atoms with Crippen LogP contribution in [0.2, 0.25) is 0 Å². The van der Waals surface area contributed by atoms with Crippen molar-refractivity contribution in [1.82, 2.24) is 0 Å². The first-order chi connectivity index (χ1) is 6.33. The Morgan fingerprint density at radius 3 is 2.92 bits per heavy atom. The molecule has 0 aliphatic heterocycles. The molecule has 2 N–H and O–H groups in total. The van der Waals surface area contributed by atoms with Crippen LogP contribution in [0.3, 0.4) is 0 Å². The molecule has 0 amide bonds. The first-order valence-electron chi connectivity index (χ1n) is 4.69. The van der Waals surface area contributed by atoms with Gasteiger partial charge in [-0.1, -0.05) is 24.3 Å². The summed E-state index contributed by atoms with van der Waals surface area (Å²) in [5.41, 5.74) is 8.63. The highest BCUT2D eigenvalue weighted by atomic mass is 16.5. The summed E-state index contributed by atoms with van der Waals surface area (Å²) in [6.07, 6.45) is 2.19. The van der Waals surface area contributed by atoms with Crippen LogP contribution in [-0.4, -0.2) is 13.2 Å². The molecule has 0 spiro atoms. The second-order valence-corrected chi connectivity index (χ2v) is 3.56. The van der Waals surface area contributed by atoms with E-state index in [1.807, 2.05) is 6.07 Å². The van der Waals surface area contributed by atoms with Gasteiger partial charge in [0.15, 0.2) is 0 Å². The number of benzene rings is 1. The maximum atomic E-state index is 5.98. The highest BCUT2D eigenvalue weighted by Crippen LogP contribution is 2.30. The minimum absolute atomic E-state index is 0.0879. The number of fused-ring (bicyclic) bond motifs is 1. The maximum Gasteiger partial charge on any atom is 0.0974 e. The van der Waals surface area contributed by atoms with Crippen LogP contribution in [0.15, 0.2) is 24.3 Å². The van der Waals surface area contributed by atoms with Crippen LogP contribution in [0, 0.1) is 0 Å². The Kier molecular flexibility index (Phi) is 2.34. The van der Waals surface area contributed by atoms with Crippen molar-refractivity contribution in [3.8, 4) is 0 Å². The normalized spacial score (nSPS) is 26.9. The quantitative estimate of drug-likeness (QED) is 0.708. The van der Waals surface area contributed by atoms with Crippen molar-refractivity contribution < 1.29 is 4.74 Å². The number of hydrogen-bond acceptors (Lipinski definition) is 2. The van der Waals surface area contributed by atoms with Gasteiger partial charge in [-0.05, 0) is 24.0 Å². The lowest BCUT2D eigenvalue weighted by atomic mass is 9.86. The van der Waals surface area contributed by atoms with E-state index in [-0.39, 0.29) is 12.1 Å². The number of hydrogen-bond donors (Lipinski definition) is 1. The minimum atomic E-state index is 0.0879. The molecule has 1 aromatic rings. The summed E-state index contributed by atoms with van der Waals surface area (Å²) in [6.45, 7) is 0. The first kappa shape index (κ1) is 8.73. The van der Waals surface area contributed by atoms with Crippen LogP contribution in [-0.2, 0) is 11.2 Å². The summed E-state index contributed by atoms with van der Waals surface area (Å²) in [5.74, 6) is 0. The van der Waals surface area contributed by atoms with Crippen molar-refractivity contribution in [1.29, 1.82) is 0 Å². The molecule has 2 atom stereocenters. The minimum Gasteiger partial charge on any atom is -0.375 e. The van der Waals surface area contributed by atoms with E-state index >= 15 is 0 Å². The van der Waals surface area contributed by atoms with E-state index in [4.69, 9.17) is 10.5 Å².